The third-order valence-electron chi connectivity index (χ3n) is 4.27. The summed E-state index contributed by atoms with van der Waals surface area (Å²) in [4.78, 5) is 16.9. The normalized spacial score (nSPS) is 23.6. The zero-order chi connectivity index (χ0) is 13.9. The van der Waals surface area contributed by atoms with Crippen molar-refractivity contribution in [1.82, 2.24) is 15.1 Å². The lowest BCUT2D eigenvalue weighted by atomic mass is 9.91. The first-order valence-electron chi connectivity index (χ1n) is 7.69. The van der Waals surface area contributed by atoms with E-state index in [0.717, 1.165) is 32.1 Å². The van der Waals surface area contributed by atoms with Gasteiger partial charge in [-0.2, -0.15) is 0 Å². The highest BCUT2D eigenvalue weighted by Gasteiger charge is 2.30. The molecule has 2 rings (SSSR count). The van der Waals surface area contributed by atoms with Crippen LogP contribution in [-0.4, -0.2) is 61.5 Å². The molecule has 0 saturated carbocycles. The van der Waals surface area contributed by atoms with Crippen molar-refractivity contribution in [2.45, 2.75) is 33.6 Å². The van der Waals surface area contributed by atoms with E-state index in [1.165, 1.54) is 32.5 Å². The van der Waals surface area contributed by atoms with Crippen molar-refractivity contribution in [2.75, 3.05) is 45.8 Å². The zero-order valence-electron chi connectivity index (χ0n) is 12.7. The summed E-state index contributed by atoms with van der Waals surface area (Å²) in [5.41, 5.74) is -0.231. The third kappa shape index (κ3) is 4.18. The van der Waals surface area contributed by atoms with Crippen LogP contribution in [-0.2, 0) is 4.79 Å². The largest absolute Gasteiger partial charge is 0.342 e. The summed E-state index contributed by atoms with van der Waals surface area (Å²) < 4.78 is 0. The summed E-state index contributed by atoms with van der Waals surface area (Å²) >= 11 is 0. The molecule has 2 aliphatic heterocycles. The van der Waals surface area contributed by atoms with E-state index in [4.69, 9.17) is 0 Å². The molecule has 2 heterocycles. The SMILES string of the molecule is CC(C)(C)C(=O)N1CCC(CN2CCNCC2)CC1. The van der Waals surface area contributed by atoms with Gasteiger partial charge in [-0.15, -0.1) is 0 Å². The number of nitrogens with one attached hydrogen (secondary N) is 1. The Morgan fingerprint density at radius 2 is 1.68 bits per heavy atom. The quantitative estimate of drug-likeness (QED) is 0.816. The van der Waals surface area contributed by atoms with Crippen LogP contribution in [0.2, 0.25) is 0 Å². The van der Waals surface area contributed by atoms with Crippen LogP contribution in [0.15, 0.2) is 0 Å². The van der Waals surface area contributed by atoms with Gasteiger partial charge < -0.3 is 15.1 Å². The minimum Gasteiger partial charge on any atom is -0.342 e. The van der Waals surface area contributed by atoms with Gasteiger partial charge in [-0.3, -0.25) is 4.79 Å². The van der Waals surface area contributed by atoms with Gasteiger partial charge in [-0.05, 0) is 18.8 Å². The Bertz CT molecular complexity index is 297. The standard InChI is InChI=1S/C15H29N3O/c1-15(2,3)14(19)18-8-4-13(5-9-18)12-17-10-6-16-7-11-17/h13,16H,4-12H2,1-3H3. The molecule has 2 aliphatic rings. The number of carbonyl (C=O) groups is 1. The van der Waals surface area contributed by atoms with Gasteiger partial charge in [0.25, 0.3) is 0 Å². The second kappa shape index (κ2) is 6.23. The Morgan fingerprint density at radius 3 is 2.21 bits per heavy atom. The fourth-order valence-corrected chi connectivity index (χ4v) is 3.05. The minimum absolute atomic E-state index is 0.231. The van der Waals surface area contributed by atoms with Crippen LogP contribution < -0.4 is 5.32 Å². The molecule has 0 aromatic carbocycles. The van der Waals surface area contributed by atoms with E-state index in [1.807, 2.05) is 20.8 Å². The monoisotopic (exact) mass is 267 g/mol. The lowest BCUT2D eigenvalue weighted by Gasteiger charge is -2.38. The second-order valence-electron chi connectivity index (χ2n) is 7.04. The molecule has 110 valence electrons. The van der Waals surface area contributed by atoms with Crippen molar-refractivity contribution in [3.8, 4) is 0 Å². The topological polar surface area (TPSA) is 35.6 Å². The fraction of sp³-hybridized carbons (Fsp3) is 0.933. The van der Waals surface area contributed by atoms with Crippen molar-refractivity contribution in [3.63, 3.8) is 0 Å². The molecule has 2 saturated heterocycles. The Balaban J connectivity index is 1.74. The highest BCUT2D eigenvalue weighted by molar-refractivity contribution is 5.81. The third-order valence-corrected chi connectivity index (χ3v) is 4.27. The Labute approximate surface area is 117 Å². The maximum atomic E-state index is 12.2. The molecule has 0 spiro atoms. The van der Waals surface area contributed by atoms with Crippen molar-refractivity contribution < 1.29 is 4.79 Å². The van der Waals surface area contributed by atoms with Gasteiger partial charge in [0.2, 0.25) is 5.91 Å². The fourth-order valence-electron chi connectivity index (χ4n) is 3.05. The molecule has 2 fully saturated rings. The molecule has 0 radical (unpaired) electrons. The molecule has 0 aliphatic carbocycles. The zero-order valence-corrected chi connectivity index (χ0v) is 12.7. The number of amides is 1. The molecule has 1 amide bonds. The summed E-state index contributed by atoms with van der Waals surface area (Å²) in [6, 6.07) is 0. The van der Waals surface area contributed by atoms with Crippen LogP contribution in [0.4, 0.5) is 0 Å². The lowest BCUT2D eigenvalue weighted by Crippen LogP contribution is -2.48. The van der Waals surface area contributed by atoms with Crippen molar-refractivity contribution in [2.24, 2.45) is 11.3 Å². The number of hydrogen-bond donors (Lipinski definition) is 1. The molecule has 4 heteroatoms. The predicted molar refractivity (Wildman–Crippen MR) is 78.1 cm³/mol. The van der Waals surface area contributed by atoms with Gasteiger partial charge in [0.1, 0.15) is 0 Å². The van der Waals surface area contributed by atoms with Crippen LogP contribution in [0.25, 0.3) is 0 Å². The van der Waals surface area contributed by atoms with E-state index in [9.17, 15) is 4.79 Å². The highest BCUT2D eigenvalue weighted by atomic mass is 16.2. The van der Waals surface area contributed by atoms with Gasteiger partial charge in [-0.25, -0.2) is 0 Å². The number of carbonyl (C=O) groups excluding carboxylic acids is 1. The highest BCUT2D eigenvalue weighted by Crippen LogP contribution is 2.24. The van der Waals surface area contributed by atoms with E-state index < -0.39 is 0 Å². The van der Waals surface area contributed by atoms with Gasteiger partial charge in [0, 0.05) is 51.2 Å². The summed E-state index contributed by atoms with van der Waals surface area (Å²) in [6.07, 6.45) is 2.34. The summed E-state index contributed by atoms with van der Waals surface area (Å²) in [5.74, 6) is 1.09. The van der Waals surface area contributed by atoms with Crippen LogP contribution >= 0.6 is 0 Å². The van der Waals surface area contributed by atoms with E-state index in [0.29, 0.717) is 5.91 Å². The number of piperidine rings is 1. The molecule has 0 bridgehead atoms. The Morgan fingerprint density at radius 1 is 1.11 bits per heavy atom. The smallest absolute Gasteiger partial charge is 0.227 e. The number of rotatable bonds is 2. The van der Waals surface area contributed by atoms with E-state index in [1.54, 1.807) is 0 Å². The van der Waals surface area contributed by atoms with Crippen molar-refractivity contribution in [1.29, 1.82) is 0 Å². The van der Waals surface area contributed by atoms with Crippen molar-refractivity contribution in [3.05, 3.63) is 0 Å². The van der Waals surface area contributed by atoms with Crippen LogP contribution in [0.5, 0.6) is 0 Å². The predicted octanol–water partition coefficient (Wildman–Crippen LogP) is 1.18. The molecular formula is C15H29N3O. The first kappa shape index (κ1) is 14.8. The molecule has 1 N–H and O–H groups in total. The van der Waals surface area contributed by atoms with Crippen molar-refractivity contribution >= 4 is 5.91 Å². The van der Waals surface area contributed by atoms with Crippen LogP contribution in [0.3, 0.4) is 0 Å². The first-order chi connectivity index (χ1) is 8.97. The Kier molecular flexibility index (Phi) is 4.85. The molecule has 0 unspecified atom stereocenters. The number of hydrogen-bond acceptors (Lipinski definition) is 3. The van der Waals surface area contributed by atoms with E-state index in [-0.39, 0.29) is 5.41 Å². The van der Waals surface area contributed by atoms with E-state index >= 15 is 0 Å². The molecular weight excluding hydrogens is 238 g/mol. The average Bonchev–Trinajstić information content (AvgIpc) is 2.39. The molecule has 19 heavy (non-hydrogen) atoms. The molecule has 0 aromatic rings. The van der Waals surface area contributed by atoms with Gasteiger partial charge in [0.15, 0.2) is 0 Å². The number of piperazine rings is 1. The van der Waals surface area contributed by atoms with E-state index in [2.05, 4.69) is 15.1 Å². The Hall–Kier alpha value is -0.610. The van der Waals surface area contributed by atoms with Gasteiger partial charge >= 0.3 is 0 Å². The maximum absolute atomic E-state index is 12.2. The lowest BCUT2D eigenvalue weighted by molar-refractivity contribution is -0.141. The van der Waals surface area contributed by atoms with Crippen LogP contribution in [0.1, 0.15) is 33.6 Å². The number of likely N-dealkylation sites (tertiary alicyclic amines) is 1. The minimum atomic E-state index is -0.231. The summed E-state index contributed by atoms with van der Waals surface area (Å²) in [7, 11) is 0. The summed E-state index contributed by atoms with van der Waals surface area (Å²) in [5, 5.41) is 3.40. The first-order valence-corrected chi connectivity index (χ1v) is 7.69. The molecule has 0 atom stereocenters. The van der Waals surface area contributed by atoms with Crippen LogP contribution in [0, 0.1) is 11.3 Å². The molecule has 0 aromatic heterocycles. The maximum Gasteiger partial charge on any atom is 0.227 e. The number of nitrogens with zero attached hydrogens (tertiary/aromatic N) is 2. The molecule has 4 nitrogen and oxygen atoms in total. The summed E-state index contributed by atoms with van der Waals surface area (Å²) in [6.45, 7) is 13.8. The average molecular weight is 267 g/mol. The van der Waals surface area contributed by atoms with Gasteiger partial charge in [-0.1, -0.05) is 20.8 Å². The second-order valence-corrected chi connectivity index (χ2v) is 7.04. The van der Waals surface area contributed by atoms with Gasteiger partial charge in [0.05, 0.1) is 0 Å².